The van der Waals surface area contributed by atoms with Gasteiger partial charge in [-0.3, -0.25) is 0 Å². The Labute approximate surface area is 83.4 Å². The minimum atomic E-state index is -0.446. The van der Waals surface area contributed by atoms with Gasteiger partial charge in [-0.2, -0.15) is 0 Å². The van der Waals surface area contributed by atoms with Crippen molar-refractivity contribution in [3.05, 3.63) is 21.9 Å². The highest BCUT2D eigenvalue weighted by atomic mass is 32.1. The van der Waals surface area contributed by atoms with Crippen molar-refractivity contribution >= 4 is 11.3 Å². The molecule has 1 aromatic rings. The van der Waals surface area contributed by atoms with E-state index in [0.29, 0.717) is 0 Å². The lowest BCUT2D eigenvalue weighted by molar-refractivity contribution is 0.0991. The lowest BCUT2D eigenvalue weighted by atomic mass is 9.99. The van der Waals surface area contributed by atoms with Crippen molar-refractivity contribution in [3.8, 4) is 0 Å². The Morgan fingerprint density at radius 2 is 2.00 bits per heavy atom. The maximum atomic E-state index is 9.74. The van der Waals surface area contributed by atoms with E-state index in [1.54, 1.807) is 11.3 Å². The van der Waals surface area contributed by atoms with Gasteiger partial charge in [0.25, 0.3) is 0 Å². The van der Waals surface area contributed by atoms with E-state index in [-0.39, 0.29) is 12.0 Å². The summed E-state index contributed by atoms with van der Waals surface area (Å²) in [6, 6.07) is 3.79. The summed E-state index contributed by atoms with van der Waals surface area (Å²) in [4.78, 5) is 2.31. The molecule has 1 heterocycles. The average molecular weight is 199 g/mol. The van der Waals surface area contributed by atoms with E-state index in [4.69, 9.17) is 5.73 Å². The van der Waals surface area contributed by atoms with Crippen LogP contribution in [-0.2, 0) is 0 Å². The minimum absolute atomic E-state index is 0.206. The van der Waals surface area contributed by atoms with Gasteiger partial charge in [-0.25, -0.2) is 0 Å². The second kappa shape index (κ2) is 4.22. The predicted molar refractivity (Wildman–Crippen MR) is 56.8 cm³/mol. The highest BCUT2D eigenvalue weighted by Crippen LogP contribution is 2.25. The van der Waals surface area contributed by atoms with Gasteiger partial charge >= 0.3 is 0 Å². The molecule has 0 fully saturated rings. The van der Waals surface area contributed by atoms with Gasteiger partial charge in [0.1, 0.15) is 0 Å². The molecule has 0 aliphatic carbocycles. The average Bonchev–Trinajstić information content (AvgIpc) is 2.49. The Morgan fingerprint density at radius 3 is 2.38 bits per heavy atom. The van der Waals surface area contributed by atoms with Gasteiger partial charge in [-0.15, -0.1) is 11.3 Å². The summed E-state index contributed by atoms with van der Waals surface area (Å²) in [6.45, 7) is 6.00. The molecule has 0 aromatic carbocycles. The highest BCUT2D eigenvalue weighted by molar-refractivity contribution is 7.12. The molecule has 0 bridgehead atoms. The zero-order chi connectivity index (χ0) is 10.0. The van der Waals surface area contributed by atoms with Crippen molar-refractivity contribution in [2.45, 2.75) is 32.9 Å². The standard InChI is InChI=1S/C10H17NOS/c1-6(2)10(12)9(11)8-5-4-7(3)13-8/h4-6,9-10,12H,11H2,1-3H3. The molecular weight excluding hydrogens is 182 g/mol. The van der Waals surface area contributed by atoms with Crippen LogP contribution in [0.4, 0.5) is 0 Å². The molecule has 0 radical (unpaired) electrons. The summed E-state index contributed by atoms with van der Waals surface area (Å²) in [5.74, 6) is 0.206. The molecule has 0 spiro atoms. The summed E-state index contributed by atoms with van der Waals surface area (Å²) < 4.78 is 0. The molecule has 74 valence electrons. The number of aliphatic hydroxyl groups excluding tert-OH is 1. The third-order valence-corrected chi connectivity index (χ3v) is 3.24. The molecule has 1 rings (SSSR count). The van der Waals surface area contributed by atoms with Crippen LogP contribution in [0.3, 0.4) is 0 Å². The molecule has 1 aromatic heterocycles. The van der Waals surface area contributed by atoms with Crippen LogP contribution in [-0.4, -0.2) is 11.2 Å². The van der Waals surface area contributed by atoms with E-state index in [1.807, 2.05) is 32.9 Å². The van der Waals surface area contributed by atoms with Crippen molar-refractivity contribution in [2.24, 2.45) is 11.7 Å². The first kappa shape index (κ1) is 10.7. The van der Waals surface area contributed by atoms with E-state index in [1.165, 1.54) is 4.88 Å². The number of thiophene rings is 1. The quantitative estimate of drug-likeness (QED) is 0.783. The summed E-state index contributed by atoms with van der Waals surface area (Å²) in [5, 5.41) is 9.74. The number of hydrogen-bond donors (Lipinski definition) is 2. The van der Waals surface area contributed by atoms with Crippen LogP contribution in [0.1, 0.15) is 29.6 Å². The van der Waals surface area contributed by atoms with Gasteiger partial charge in [-0.1, -0.05) is 13.8 Å². The molecule has 13 heavy (non-hydrogen) atoms. The lowest BCUT2D eigenvalue weighted by Crippen LogP contribution is -2.29. The first-order chi connectivity index (χ1) is 6.02. The monoisotopic (exact) mass is 199 g/mol. The molecule has 0 aliphatic rings. The topological polar surface area (TPSA) is 46.2 Å². The van der Waals surface area contributed by atoms with E-state index in [2.05, 4.69) is 0 Å². The fourth-order valence-electron chi connectivity index (χ4n) is 1.22. The fraction of sp³-hybridized carbons (Fsp3) is 0.600. The van der Waals surface area contributed by atoms with E-state index >= 15 is 0 Å². The maximum absolute atomic E-state index is 9.74. The normalized spacial score (nSPS) is 16.2. The van der Waals surface area contributed by atoms with Gasteiger partial charge in [0.15, 0.2) is 0 Å². The third kappa shape index (κ3) is 2.53. The summed E-state index contributed by atoms with van der Waals surface area (Å²) in [5.41, 5.74) is 5.91. The molecule has 3 heteroatoms. The summed E-state index contributed by atoms with van der Waals surface area (Å²) in [7, 11) is 0. The highest BCUT2D eigenvalue weighted by Gasteiger charge is 2.20. The minimum Gasteiger partial charge on any atom is -0.391 e. The zero-order valence-corrected chi connectivity index (χ0v) is 9.14. The zero-order valence-electron chi connectivity index (χ0n) is 8.32. The van der Waals surface area contributed by atoms with Crippen molar-refractivity contribution in [1.29, 1.82) is 0 Å². The first-order valence-electron chi connectivity index (χ1n) is 4.52. The van der Waals surface area contributed by atoms with Gasteiger partial charge in [0.05, 0.1) is 12.1 Å². The van der Waals surface area contributed by atoms with E-state index < -0.39 is 6.10 Å². The number of rotatable bonds is 3. The Morgan fingerprint density at radius 1 is 1.38 bits per heavy atom. The van der Waals surface area contributed by atoms with Crippen LogP contribution in [0.25, 0.3) is 0 Å². The Bertz CT molecular complexity index is 270. The fourth-order valence-corrected chi connectivity index (χ4v) is 2.14. The second-order valence-corrected chi connectivity index (χ2v) is 5.03. The van der Waals surface area contributed by atoms with Crippen LogP contribution >= 0.6 is 11.3 Å². The molecular formula is C10H17NOS. The second-order valence-electron chi connectivity index (χ2n) is 3.71. The third-order valence-electron chi connectivity index (χ3n) is 2.14. The number of aliphatic hydroxyl groups is 1. The van der Waals surface area contributed by atoms with Crippen LogP contribution in [0.15, 0.2) is 12.1 Å². The van der Waals surface area contributed by atoms with Gasteiger partial charge in [0.2, 0.25) is 0 Å². The van der Waals surface area contributed by atoms with Crippen molar-refractivity contribution < 1.29 is 5.11 Å². The maximum Gasteiger partial charge on any atom is 0.0763 e. The van der Waals surface area contributed by atoms with Crippen molar-refractivity contribution in [3.63, 3.8) is 0 Å². The molecule has 2 unspecified atom stereocenters. The smallest absolute Gasteiger partial charge is 0.0763 e. The summed E-state index contributed by atoms with van der Waals surface area (Å²) >= 11 is 1.66. The number of hydrogen-bond acceptors (Lipinski definition) is 3. The van der Waals surface area contributed by atoms with E-state index in [9.17, 15) is 5.11 Å². The lowest BCUT2D eigenvalue weighted by Gasteiger charge is -2.20. The SMILES string of the molecule is Cc1ccc(C(N)C(O)C(C)C)s1. The van der Waals surface area contributed by atoms with Crippen LogP contribution in [0.5, 0.6) is 0 Å². The molecule has 0 saturated carbocycles. The Hall–Kier alpha value is -0.380. The van der Waals surface area contributed by atoms with Crippen LogP contribution in [0.2, 0.25) is 0 Å². The van der Waals surface area contributed by atoms with Crippen LogP contribution < -0.4 is 5.73 Å². The molecule has 2 nitrogen and oxygen atoms in total. The molecule has 2 atom stereocenters. The largest absolute Gasteiger partial charge is 0.391 e. The predicted octanol–water partition coefficient (Wildman–Crippen LogP) is 2.07. The first-order valence-corrected chi connectivity index (χ1v) is 5.34. The van der Waals surface area contributed by atoms with Gasteiger partial charge in [-0.05, 0) is 25.0 Å². The van der Waals surface area contributed by atoms with Gasteiger partial charge < -0.3 is 10.8 Å². The van der Waals surface area contributed by atoms with E-state index in [0.717, 1.165) is 4.88 Å². The molecule has 0 aliphatic heterocycles. The summed E-state index contributed by atoms with van der Waals surface area (Å²) in [6.07, 6.45) is -0.446. The molecule has 3 N–H and O–H groups in total. The van der Waals surface area contributed by atoms with Gasteiger partial charge in [0, 0.05) is 9.75 Å². The van der Waals surface area contributed by atoms with Crippen molar-refractivity contribution in [1.82, 2.24) is 0 Å². The Kier molecular flexibility index (Phi) is 3.47. The molecule has 0 saturated heterocycles. The number of aryl methyl sites for hydroxylation is 1. The van der Waals surface area contributed by atoms with Crippen LogP contribution in [0, 0.1) is 12.8 Å². The Balaban J connectivity index is 2.73. The number of nitrogens with two attached hydrogens (primary N) is 1. The van der Waals surface area contributed by atoms with Crippen molar-refractivity contribution in [2.75, 3.05) is 0 Å². The molecule has 0 amide bonds.